The lowest BCUT2D eigenvalue weighted by Crippen LogP contribution is -2.44. The Morgan fingerprint density at radius 2 is 2.10 bits per heavy atom. The molecule has 114 valence electrons. The van der Waals surface area contributed by atoms with Crippen LogP contribution in [0.15, 0.2) is 24.3 Å². The summed E-state index contributed by atoms with van der Waals surface area (Å²) in [5.74, 6) is -0.0781. The average molecular weight is 310 g/mol. The van der Waals surface area contributed by atoms with Crippen LogP contribution in [0.25, 0.3) is 0 Å². The van der Waals surface area contributed by atoms with Gasteiger partial charge in [0.05, 0.1) is 5.54 Å². The molecule has 0 spiro atoms. The van der Waals surface area contributed by atoms with Gasteiger partial charge in [0.25, 0.3) is 0 Å². The third-order valence-corrected chi connectivity index (χ3v) is 4.01. The first-order chi connectivity index (χ1) is 9.97. The van der Waals surface area contributed by atoms with E-state index in [4.69, 9.17) is 11.6 Å². The number of nitrogens with zero attached hydrogens (tertiary/aromatic N) is 1. The van der Waals surface area contributed by atoms with Crippen molar-refractivity contribution in [3.63, 3.8) is 0 Å². The fraction of sp³-hybridized carbons (Fsp3) is 0.467. The molecule has 0 bridgehead atoms. The van der Waals surface area contributed by atoms with Crippen molar-refractivity contribution in [2.45, 2.75) is 24.8 Å². The van der Waals surface area contributed by atoms with E-state index in [0.717, 1.165) is 18.4 Å². The van der Waals surface area contributed by atoms with Crippen LogP contribution < -0.4 is 10.6 Å². The first kappa shape index (κ1) is 15.6. The lowest BCUT2D eigenvalue weighted by Gasteiger charge is -2.23. The van der Waals surface area contributed by atoms with Gasteiger partial charge >= 0.3 is 6.03 Å². The second kappa shape index (κ2) is 6.35. The monoisotopic (exact) mass is 309 g/mol. The summed E-state index contributed by atoms with van der Waals surface area (Å²) < 4.78 is 0. The third kappa shape index (κ3) is 3.88. The second-order valence-corrected chi connectivity index (χ2v) is 5.80. The maximum absolute atomic E-state index is 12.2. The molecule has 0 unspecified atom stereocenters. The summed E-state index contributed by atoms with van der Waals surface area (Å²) in [6.45, 7) is 0.386. The van der Waals surface area contributed by atoms with Crippen LogP contribution >= 0.6 is 11.6 Å². The minimum atomic E-state index is -0.302. The van der Waals surface area contributed by atoms with Crippen LogP contribution in [-0.2, 0) is 10.3 Å². The van der Waals surface area contributed by atoms with Crippen LogP contribution in [0.2, 0.25) is 5.02 Å². The molecule has 1 saturated carbocycles. The van der Waals surface area contributed by atoms with Gasteiger partial charge in [-0.15, -0.1) is 0 Å². The molecule has 1 aliphatic rings. The standard InChI is InChI=1S/C15H20ClN3O2/c1-17-13(20)6-9-19(2)14(21)18-15(7-8-15)11-4-3-5-12(16)10-11/h3-5,10H,6-9H2,1-2H3,(H,17,20)(H,18,21). The van der Waals surface area contributed by atoms with E-state index < -0.39 is 0 Å². The highest BCUT2D eigenvalue weighted by Crippen LogP contribution is 2.46. The van der Waals surface area contributed by atoms with Gasteiger partial charge in [0.15, 0.2) is 0 Å². The molecule has 21 heavy (non-hydrogen) atoms. The molecule has 5 nitrogen and oxygen atoms in total. The Morgan fingerprint density at radius 1 is 1.38 bits per heavy atom. The second-order valence-electron chi connectivity index (χ2n) is 5.37. The zero-order valence-corrected chi connectivity index (χ0v) is 13.0. The maximum atomic E-state index is 12.2. The van der Waals surface area contributed by atoms with Crippen LogP contribution in [0.1, 0.15) is 24.8 Å². The Morgan fingerprint density at radius 3 is 2.67 bits per heavy atom. The highest BCUT2D eigenvalue weighted by atomic mass is 35.5. The third-order valence-electron chi connectivity index (χ3n) is 3.77. The van der Waals surface area contributed by atoms with Crippen molar-refractivity contribution < 1.29 is 9.59 Å². The van der Waals surface area contributed by atoms with Gasteiger partial charge in [-0.3, -0.25) is 4.79 Å². The van der Waals surface area contributed by atoms with Crippen molar-refractivity contribution in [1.82, 2.24) is 15.5 Å². The molecule has 1 fully saturated rings. The van der Waals surface area contributed by atoms with Crippen LogP contribution in [-0.4, -0.2) is 37.5 Å². The molecule has 1 aromatic carbocycles. The first-order valence-electron chi connectivity index (χ1n) is 6.97. The largest absolute Gasteiger partial charge is 0.359 e. The predicted octanol–water partition coefficient (Wildman–Crippen LogP) is 2.11. The van der Waals surface area contributed by atoms with E-state index in [-0.39, 0.29) is 17.5 Å². The number of hydrogen-bond donors (Lipinski definition) is 2. The normalized spacial score (nSPS) is 15.2. The van der Waals surface area contributed by atoms with Crippen molar-refractivity contribution in [2.75, 3.05) is 20.6 Å². The number of halogens is 1. The van der Waals surface area contributed by atoms with Crippen LogP contribution in [0.3, 0.4) is 0 Å². The number of amides is 3. The number of urea groups is 1. The molecule has 0 saturated heterocycles. The van der Waals surface area contributed by atoms with Crippen molar-refractivity contribution in [3.8, 4) is 0 Å². The van der Waals surface area contributed by atoms with Crippen LogP contribution in [0.4, 0.5) is 4.79 Å². The van der Waals surface area contributed by atoms with Gasteiger partial charge < -0.3 is 15.5 Å². The van der Waals surface area contributed by atoms with E-state index in [9.17, 15) is 9.59 Å². The topological polar surface area (TPSA) is 61.4 Å². The summed E-state index contributed by atoms with van der Waals surface area (Å²) in [6.07, 6.45) is 2.11. The summed E-state index contributed by atoms with van der Waals surface area (Å²) in [6, 6.07) is 7.40. The van der Waals surface area contributed by atoms with Gasteiger partial charge in [0.2, 0.25) is 5.91 Å². The summed E-state index contributed by atoms with van der Waals surface area (Å²) >= 11 is 6.01. The van der Waals surface area contributed by atoms with E-state index in [1.807, 2.05) is 24.3 Å². The maximum Gasteiger partial charge on any atom is 0.317 e. The summed E-state index contributed by atoms with van der Waals surface area (Å²) in [4.78, 5) is 24.9. The quantitative estimate of drug-likeness (QED) is 0.875. The summed E-state index contributed by atoms with van der Waals surface area (Å²) in [7, 11) is 3.27. The highest BCUT2D eigenvalue weighted by molar-refractivity contribution is 6.30. The number of carbonyl (C=O) groups excluding carboxylic acids is 2. The number of rotatable bonds is 5. The van der Waals surface area contributed by atoms with Gasteiger partial charge in [0, 0.05) is 32.1 Å². The lowest BCUT2D eigenvalue weighted by atomic mass is 10.1. The molecule has 0 radical (unpaired) electrons. The fourth-order valence-electron chi connectivity index (χ4n) is 2.19. The minimum Gasteiger partial charge on any atom is -0.359 e. The molecule has 1 aromatic rings. The Labute approximate surface area is 129 Å². The van der Waals surface area contributed by atoms with Gasteiger partial charge in [-0.25, -0.2) is 4.79 Å². The summed E-state index contributed by atoms with van der Waals surface area (Å²) in [5.41, 5.74) is 0.728. The number of benzene rings is 1. The van der Waals surface area contributed by atoms with Crippen molar-refractivity contribution in [3.05, 3.63) is 34.9 Å². The van der Waals surface area contributed by atoms with E-state index >= 15 is 0 Å². The summed E-state index contributed by atoms with van der Waals surface area (Å²) in [5, 5.41) is 6.26. The van der Waals surface area contributed by atoms with Gasteiger partial charge in [-0.1, -0.05) is 23.7 Å². The molecule has 0 aromatic heterocycles. The van der Waals surface area contributed by atoms with Crippen molar-refractivity contribution in [2.24, 2.45) is 0 Å². The van der Waals surface area contributed by atoms with Gasteiger partial charge in [0.1, 0.15) is 0 Å². The number of carbonyl (C=O) groups is 2. The fourth-order valence-corrected chi connectivity index (χ4v) is 2.38. The Bertz CT molecular complexity index is 543. The van der Waals surface area contributed by atoms with E-state index in [2.05, 4.69) is 10.6 Å². The average Bonchev–Trinajstić information content (AvgIpc) is 3.25. The van der Waals surface area contributed by atoms with Gasteiger partial charge in [-0.2, -0.15) is 0 Å². The molecule has 0 aliphatic heterocycles. The van der Waals surface area contributed by atoms with Gasteiger partial charge in [-0.05, 0) is 30.5 Å². The lowest BCUT2D eigenvalue weighted by molar-refractivity contribution is -0.120. The molecule has 2 N–H and O–H groups in total. The smallest absolute Gasteiger partial charge is 0.317 e. The van der Waals surface area contributed by atoms with Crippen molar-refractivity contribution in [1.29, 1.82) is 0 Å². The molecule has 0 atom stereocenters. The van der Waals surface area contributed by atoms with E-state index in [1.165, 1.54) is 4.90 Å². The van der Waals surface area contributed by atoms with Crippen molar-refractivity contribution >= 4 is 23.5 Å². The zero-order chi connectivity index (χ0) is 15.5. The molecule has 6 heteroatoms. The molecular weight excluding hydrogens is 290 g/mol. The van der Waals surface area contributed by atoms with Crippen LogP contribution in [0.5, 0.6) is 0 Å². The molecular formula is C15H20ClN3O2. The molecule has 3 amide bonds. The molecule has 2 rings (SSSR count). The Balaban J connectivity index is 1.94. The number of hydrogen-bond acceptors (Lipinski definition) is 2. The Hall–Kier alpha value is -1.75. The van der Waals surface area contributed by atoms with E-state index in [1.54, 1.807) is 14.1 Å². The SMILES string of the molecule is CNC(=O)CCN(C)C(=O)NC1(c2cccc(Cl)c2)CC1. The zero-order valence-electron chi connectivity index (χ0n) is 12.3. The highest BCUT2D eigenvalue weighted by Gasteiger charge is 2.46. The predicted molar refractivity (Wildman–Crippen MR) is 82.2 cm³/mol. The Kier molecular flexibility index (Phi) is 4.73. The minimum absolute atomic E-state index is 0.0781. The van der Waals surface area contributed by atoms with Crippen LogP contribution in [0, 0.1) is 0 Å². The van der Waals surface area contributed by atoms with E-state index in [0.29, 0.717) is 18.0 Å². The molecule has 1 aliphatic carbocycles. The first-order valence-corrected chi connectivity index (χ1v) is 7.34. The molecule has 0 heterocycles. The number of nitrogens with one attached hydrogen (secondary N) is 2.